The standard InChI is InChI=1S/C20H30N2O2/c1-13(2)17-10-5-14(3)11-18(17)20(24)22-16-8-6-15(7-9-16)12-19(23)21-4/h6-9,13-14,17-18H,5,10-12H2,1-4H3,(H,21,23)(H,22,24). The minimum absolute atomic E-state index is 0.0113. The first-order valence-electron chi connectivity index (χ1n) is 9.01. The lowest BCUT2D eigenvalue weighted by Crippen LogP contribution is -2.36. The number of nitrogens with one attached hydrogen (secondary N) is 2. The Bertz CT molecular complexity index is 566. The molecule has 0 saturated heterocycles. The van der Waals surface area contributed by atoms with E-state index in [0.717, 1.165) is 24.1 Å². The van der Waals surface area contributed by atoms with E-state index in [1.807, 2.05) is 24.3 Å². The number of carbonyl (C=O) groups is 2. The fraction of sp³-hybridized carbons (Fsp3) is 0.600. The highest BCUT2D eigenvalue weighted by molar-refractivity contribution is 5.93. The van der Waals surface area contributed by atoms with Crippen LogP contribution in [0.3, 0.4) is 0 Å². The van der Waals surface area contributed by atoms with Crippen molar-refractivity contribution in [2.24, 2.45) is 23.7 Å². The summed E-state index contributed by atoms with van der Waals surface area (Å²) >= 11 is 0. The molecule has 2 rings (SSSR count). The molecule has 132 valence electrons. The topological polar surface area (TPSA) is 58.2 Å². The van der Waals surface area contributed by atoms with Crippen LogP contribution in [0.4, 0.5) is 5.69 Å². The highest BCUT2D eigenvalue weighted by Crippen LogP contribution is 2.38. The minimum Gasteiger partial charge on any atom is -0.359 e. The summed E-state index contributed by atoms with van der Waals surface area (Å²) in [5.74, 6) is 1.84. The van der Waals surface area contributed by atoms with Crippen LogP contribution < -0.4 is 10.6 Å². The van der Waals surface area contributed by atoms with Crippen LogP contribution >= 0.6 is 0 Å². The molecule has 0 heterocycles. The summed E-state index contributed by atoms with van der Waals surface area (Å²) in [5.41, 5.74) is 1.75. The molecule has 0 bridgehead atoms. The molecule has 2 N–H and O–H groups in total. The number of carbonyl (C=O) groups excluding carboxylic acids is 2. The van der Waals surface area contributed by atoms with Gasteiger partial charge in [0.25, 0.3) is 0 Å². The summed E-state index contributed by atoms with van der Waals surface area (Å²) in [4.78, 5) is 24.2. The fourth-order valence-corrected chi connectivity index (χ4v) is 3.72. The normalized spacial score (nSPS) is 23.8. The summed E-state index contributed by atoms with van der Waals surface area (Å²) in [6.07, 6.45) is 3.70. The van der Waals surface area contributed by atoms with Crippen LogP contribution in [0.2, 0.25) is 0 Å². The number of hydrogen-bond donors (Lipinski definition) is 2. The Balaban J connectivity index is 2.01. The second kappa shape index (κ2) is 8.32. The van der Waals surface area contributed by atoms with Gasteiger partial charge in [0.05, 0.1) is 6.42 Å². The van der Waals surface area contributed by atoms with Crippen molar-refractivity contribution in [3.63, 3.8) is 0 Å². The molecule has 0 radical (unpaired) electrons. The minimum atomic E-state index is -0.0113. The zero-order chi connectivity index (χ0) is 17.7. The van der Waals surface area contributed by atoms with Crippen molar-refractivity contribution in [1.29, 1.82) is 0 Å². The highest BCUT2D eigenvalue weighted by Gasteiger charge is 2.35. The number of hydrogen-bond acceptors (Lipinski definition) is 2. The Morgan fingerprint density at radius 3 is 2.42 bits per heavy atom. The Kier molecular flexibility index (Phi) is 6.41. The Morgan fingerprint density at radius 2 is 1.83 bits per heavy atom. The van der Waals surface area contributed by atoms with E-state index in [-0.39, 0.29) is 17.7 Å². The number of anilines is 1. The summed E-state index contributed by atoms with van der Waals surface area (Å²) in [5, 5.41) is 5.69. The van der Waals surface area contributed by atoms with Crippen molar-refractivity contribution in [2.75, 3.05) is 12.4 Å². The van der Waals surface area contributed by atoms with Crippen LogP contribution in [0.5, 0.6) is 0 Å². The molecule has 2 amide bonds. The number of amides is 2. The van der Waals surface area contributed by atoms with Crippen LogP contribution in [-0.2, 0) is 16.0 Å². The first-order chi connectivity index (χ1) is 11.4. The van der Waals surface area contributed by atoms with Crippen molar-refractivity contribution >= 4 is 17.5 Å². The maximum absolute atomic E-state index is 12.8. The smallest absolute Gasteiger partial charge is 0.227 e. The lowest BCUT2D eigenvalue weighted by atomic mass is 9.70. The third-order valence-corrected chi connectivity index (χ3v) is 5.22. The molecule has 1 aromatic rings. The number of likely N-dealkylation sites (N-methyl/N-ethyl adjacent to an activating group) is 1. The molecule has 4 nitrogen and oxygen atoms in total. The van der Waals surface area contributed by atoms with Gasteiger partial charge in [-0.3, -0.25) is 9.59 Å². The summed E-state index contributed by atoms with van der Waals surface area (Å²) < 4.78 is 0. The number of benzene rings is 1. The molecule has 0 spiro atoms. The fourth-order valence-electron chi connectivity index (χ4n) is 3.72. The van der Waals surface area contributed by atoms with E-state index in [0.29, 0.717) is 24.2 Å². The highest BCUT2D eigenvalue weighted by atomic mass is 16.2. The molecule has 24 heavy (non-hydrogen) atoms. The van der Waals surface area contributed by atoms with Gasteiger partial charge < -0.3 is 10.6 Å². The molecule has 0 aromatic heterocycles. The Hall–Kier alpha value is -1.84. The van der Waals surface area contributed by atoms with Crippen molar-refractivity contribution in [1.82, 2.24) is 5.32 Å². The van der Waals surface area contributed by atoms with Gasteiger partial charge >= 0.3 is 0 Å². The van der Waals surface area contributed by atoms with Crippen LogP contribution in [0, 0.1) is 23.7 Å². The largest absolute Gasteiger partial charge is 0.359 e. The quantitative estimate of drug-likeness (QED) is 0.866. The Labute approximate surface area is 145 Å². The lowest BCUT2D eigenvalue weighted by molar-refractivity contribution is -0.124. The second-order valence-corrected chi connectivity index (χ2v) is 7.47. The lowest BCUT2D eigenvalue weighted by Gasteiger charge is -2.36. The predicted molar refractivity (Wildman–Crippen MR) is 97.7 cm³/mol. The van der Waals surface area contributed by atoms with Gasteiger partial charge in [0.2, 0.25) is 11.8 Å². The predicted octanol–water partition coefficient (Wildman–Crippen LogP) is 3.62. The average molecular weight is 330 g/mol. The molecule has 0 aliphatic heterocycles. The van der Waals surface area contributed by atoms with Gasteiger partial charge in [-0.25, -0.2) is 0 Å². The van der Waals surface area contributed by atoms with Crippen molar-refractivity contribution in [3.05, 3.63) is 29.8 Å². The van der Waals surface area contributed by atoms with Crippen molar-refractivity contribution < 1.29 is 9.59 Å². The van der Waals surface area contributed by atoms with E-state index >= 15 is 0 Å². The van der Waals surface area contributed by atoms with Gasteiger partial charge in [-0.05, 0) is 48.3 Å². The molecule has 1 aromatic carbocycles. The molecular formula is C20H30N2O2. The van der Waals surface area contributed by atoms with E-state index in [9.17, 15) is 9.59 Å². The van der Waals surface area contributed by atoms with Gasteiger partial charge in [-0.2, -0.15) is 0 Å². The maximum atomic E-state index is 12.8. The molecule has 1 saturated carbocycles. The van der Waals surface area contributed by atoms with E-state index in [1.54, 1.807) is 7.05 Å². The van der Waals surface area contributed by atoms with E-state index < -0.39 is 0 Å². The van der Waals surface area contributed by atoms with Gasteiger partial charge in [0.1, 0.15) is 0 Å². The van der Waals surface area contributed by atoms with Crippen LogP contribution in [0.25, 0.3) is 0 Å². The van der Waals surface area contributed by atoms with Crippen molar-refractivity contribution in [2.45, 2.75) is 46.5 Å². The summed E-state index contributed by atoms with van der Waals surface area (Å²) in [6.45, 7) is 6.67. The first-order valence-corrected chi connectivity index (χ1v) is 9.01. The molecule has 1 aliphatic carbocycles. The Morgan fingerprint density at radius 1 is 1.17 bits per heavy atom. The molecule has 3 unspecified atom stereocenters. The van der Waals surface area contributed by atoms with E-state index in [2.05, 4.69) is 31.4 Å². The molecule has 4 heteroatoms. The van der Waals surface area contributed by atoms with Crippen LogP contribution in [0.1, 0.15) is 45.6 Å². The molecule has 3 atom stereocenters. The average Bonchev–Trinajstić information content (AvgIpc) is 2.56. The second-order valence-electron chi connectivity index (χ2n) is 7.47. The van der Waals surface area contributed by atoms with Crippen LogP contribution in [-0.4, -0.2) is 18.9 Å². The maximum Gasteiger partial charge on any atom is 0.227 e. The SMILES string of the molecule is CNC(=O)Cc1ccc(NC(=O)C2CC(C)CCC2C(C)C)cc1. The third-order valence-electron chi connectivity index (χ3n) is 5.22. The number of rotatable bonds is 5. The van der Waals surface area contributed by atoms with E-state index in [1.165, 1.54) is 6.42 Å². The zero-order valence-corrected chi connectivity index (χ0v) is 15.3. The third kappa shape index (κ3) is 4.83. The van der Waals surface area contributed by atoms with E-state index in [4.69, 9.17) is 0 Å². The molecular weight excluding hydrogens is 300 g/mol. The summed E-state index contributed by atoms with van der Waals surface area (Å²) in [6, 6.07) is 7.56. The van der Waals surface area contributed by atoms with Crippen molar-refractivity contribution in [3.8, 4) is 0 Å². The van der Waals surface area contributed by atoms with Gasteiger partial charge in [-0.15, -0.1) is 0 Å². The van der Waals surface area contributed by atoms with Crippen LogP contribution in [0.15, 0.2) is 24.3 Å². The summed E-state index contributed by atoms with van der Waals surface area (Å²) in [7, 11) is 1.63. The van der Waals surface area contributed by atoms with Gasteiger partial charge in [-0.1, -0.05) is 39.3 Å². The van der Waals surface area contributed by atoms with Gasteiger partial charge in [0, 0.05) is 18.7 Å². The first kappa shape index (κ1) is 18.5. The monoisotopic (exact) mass is 330 g/mol. The van der Waals surface area contributed by atoms with Gasteiger partial charge in [0.15, 0.2) is 0 Å². The molecule has 1 fully saturated rings. The zero-order valence-electron chi connectivity index (χ0n) is 15.3. The molecule has 1 aliphatic rings.